The van der Waals surface area contributed by atoms with Gasteiger partial charge in [-0.25, -0.2) is 4.79 Å². The van der Waals surface area contributed by atoms with E-state index in [-0.39, 0.29) is 23.3 Å². The molecule has 37 heavy (non-hydrogen) atoms. The molecule has 0 saturated carbocycles. The first-order valence-electron chi connectivity index (χ1n) is 13.2. The molecule has 2 fully saturated rings. The molecule has 0 bridgehead atoms. The van der Waals surface area contributed by atoms with Crippen molar-refractivity contribution < 1.29 is 19.1 Å². The average molecular weight is 507 g/mol. The summed E-state index contributed by atoms with van der Waals surface area (Å²) in [7, 11) is 0. The number of piperazine rings is 1. The lowest BCUT2D eigenvalue weighted by Gasteiger charge is -2.34. The van der Waals surface area contributed by atoms with Gasteiger partial charge >= 0.3 is 6.09 Å². The molecule has 2 aliphatic heterocycles. The first-order chi connectivity index (χ1) is 17.7. The zero-order valence-corrected chi connectivity index (χ0v) is 22.2. The van der Waals surface area contributed by atoms with E-state index in [1.54, 1.807) is 17.0 Å². The summed E-state index contributed by atoms with van der Waals surface area (Å²) in [4.78, 5) is 47.3. The lowest BCUT2D eigenvalue weighted by atomic mass is 9.81. The van der Waals surface area contributed by atoms with Crippen LogP contribution in [0.1, 0.15) is 49.9 Å². The maximum atomic E-state index is 12.6. The van der Waals surface area contributed by atoms with Gasteiger partial charge in [-0.2, -0.15) is 0 Å². The van der Waals surface area contributed by atoms with Crippen LogP contribution in [0.3, 0.4) is 0 Å². The van der Waals surface area contributed by atoms with E-state index in [4.69, 9.17) is 4.74 Å². The summed E-state index contributed by atoms with van der Waals surface area (Å²) in [5, 5.41) is 0. The van der Waals surface area contributed by atoms with Gasteiger partial charge in [0.1, 0.15) is 5.75 Å². The number of carbonyl (C=O) groups excluding carboxylic acids is 3. The minimum absolute atomic E-state index is 0.102. The van der Waals surface area contributed by atoms with Gasteiger partial charge in [0, 0.05) is 57.5 Å². The Hall–Kier alpha value is -3.26. The van der Waals surface area contributed by atoms with Crippen molar-refractivity contribution in [2.45, 2.75) is 52.9 Å². The Morgan fingerprint density at radius 2 is 1.59 bits per heavy atom. The van der Waals surface area contributed by atoms with Gasteiger partial charge < -0.3 is 9.64 Å². The second-order valence-electron chi connectivity index (χ2n) is 11.0. The minimum Gasteiger partial charge on any atom is -0.410 e. The topological polar surface area (TPSA) is 83.0 Å². The molecule has 0 radical (unpaired) electrons. The fourth-order valence-corrected chi connectivity index (χ4v) is 4.88. The molecule has 3 heterocycles. The number of benzene rings is 1. The van der Waals surface area contributed by atoms with Crippen LogP contribution in [0.5, 0.6) is 5.75 Å². The van der Waals surface area contributed by atoms with Crippen LogP contribution >= 0.6 is 0 Å². The van der Waals surface area contributed by atoms with E-state index in [0.29, 0.717) is 44.6 Å². The van der Waals surface area contributed by atoms with Crippen molar-refractivity contribution in [2.75, 3.05) is 39.3 Å². The number of aromatic nitrogens is 1. The van der Waals surface area contributed by atoms with Crippen LogP contribution in [0, 0.1) is 12.3 Å². The maximum Gasteiger partial charge on any atom is 0.415 e. The number of carbonyl (C=O) groups is 3. The number of pyridine rings is 1. The predicted molar refractivity (Wildman–Crippen MR) is 141 cm³/mol. The third-order valence-corrected chi connectivity index (χ3v) is 7.12. The highest BCUT2D eigenvalue weighted by atomic mass is 16.6. The molecule has 4 rings (SSSR count). The van der Waals surface area contributed by atoms with E-state index in [2.05, 4.69) is 22.0 Å². The predicted octanol–water partition coefficient (Wildman–Crippen LogP) is 3.86. The van der Waals surface area contributed by atoms with E-state index >= 15 is 0 Å². The summed E-state index contributed by atoms with van der Waals surface area (Å²) in [6.07, 6.45) is 4.96. The molecule has 2 aliphatic rings. The molecular weight excluding hydrogens is 468 g/mol. The van der Waals surface area contributed by atoms with E-state index in [1.165, 1.54) is 10.5 Å². The Bertz CT molecular complexity index is 1070. The summed E-state index contributed by atoms with van der Waals surface area (Å²) in [5.74, 6) is 0.291. The van der Waals surface area contributed by atoms with Crippen molar-refractivity contribution in [3.8, 4) is 5.75 Å². The Morgan fingerprint density at radius 1 is 0.919 bits per heavy atom. The fourth-order valence-electron chi connectivity index (χ4n) is 4.88. The Labute approximate surface area is 219 Å². The molecular formula is C29H38N4O4. The quantitative estimate of drug-likeness (QED) is 0.506. The van der Waals surface area contributed by atoms with E-state index in [9.17, 15) is 14.4 Å². The summed E-state index contributed by atoms with van der Waals surface area (Å²) in [6.45, 7) is 10.3. The first kappa shape index (κ1) is 26.8. The van der Waals surface area contributed by atoms with Crippen LogP contribution in [0.2, 0.25) is 0 Å². The van der Waals surface area contributed by atoms with Gasteiger partial charge in [-0.1, -0.05) is 32.0 Å². The average Bonchev–Trinajstić information content (AvgIpc) is 2.85. The van der Waals surface area contributed by atoms with Crippen LogP contribution < -0.4 is 4.74 Å². The zero-order chi connectivity index (χ0) is 26.4. The minimum atomic E-state index is -0.330. The second kappa shape index (κ2) is 11.9. The molecule has 0 N–H and O–H groups in total. The molecule has 2 saturated heterocycles. The van der Waals surface area contributed by atoms with Gasteiger partial charge in [0.05, 0.1) is 0 Å². The summed E-state index contributed by atoms with van der Waals surface area (Å²) < 4.78 is 5.59. The highest BCUT2D eigenvalue weighted by Crippen LogP contribution is 2.31. The third-order valence-electron chi connectivity index (χ3n) is 7.12. The number of amides is 3. The lowest BCUT2D eigenvalue weighted by Crippen LogP contribution is -2.49. The molecule has 0 atom stereocenters. The van der Waals surface area contributed by atoms with Gasteiger partial charge in [-0.15, -0.1) is 0 Å². The highest BCUT2D eigenvalue weighted by molar-refractivity contribution is 5.98. The highest BCUT2D eigenvalue weighted by Gasteiger charge is 2.37. The summed E-state index contributed by atoms with van der Waals surface area (Å²) in [6, 6.07) is 11.5. The third kappa shape index (κ3) is 7.61. The number of likely N-dealkylation sites (tertiary alicyclic amines) is 1. The molecule has 1 aromatic carbocycles. The normalized spacial score (nSPS) is 18.2. The van der Waals surface area contributed by atoms with Gasteiger partial charge in [0.2, 0.25) is 11.8 Å². The molecule has 3 amide bonds. The van der Waals surface area contributed by atoms with Crippen molar-refractivity contribution in [1.29, 1.82) is 0 Å². The number of hydrogen-bond acceptors (Lipinski definition) is 6. The Morgan fingerprint density at radius 3 is 2.22 bits per heavy atom. The van der Waals surface area contributed by atoms with Crippen molar-refractivity contribution in [2.24, 2.45) is 5.41 Å². The van der Waals surface area contributed by atoms with Crippen molar-refractivity contribution in [3.63, 3.8) is 0 Å². The first-order valence-corrected chi connectivity index (χ1v) is 13.2. The second-order valence-corrected chi connectivity index (χ2v) is 11.0. The Kier molecular flexibility index (Phi) is 8.59. The molecule has 0 unspecified atom stereocenters. The number of nitrogens with zero attached hydrogens (tertiary/aromatic N) is 4. The standard InChI is InChI=1S/C29H38N4O4/c1-22-6-9-24(30-21-22)5-4-13-31-15-17-32(18-16-31)28(36)37-25-10-7-23(8-11-25)12-14-33-26(34)19-29(2,3)20-27(33)35/h6-11,21H,4-5,12-20H2,1-3H3. The molecule has 0 spiro atoms. The van der Waals surface area contributed by atoms with Crippen LogP contribution in [-0.4, -0.2) is 76.9 Å². The smallest absolute Gasteiger partial charge is 0.410 e. The number of rotatable bonds is 8. The number of ether oxygens (including phenoxy) is 1. The zero-order valence-electron chi connectivity index (χ0n) is 22.2. The number of imide groups is 1. The van der Waals surface area contributed by atoms with E-state index < -0.39 is 0 Å². The Balaban J connectivity index is 1.16. The summed E-state index contributed by atoms with van der Waals surface area (Å²) in [5.41, 5.74) is 3.02. The molecule has 1 aromatic heterocycles. The molecule has 2 aromatic rings. The number of aryl methyl sites for hydroxylation is 2. The van der Waals surface area contributed by atoms with Crippen molar-refractivity contribution >= 4 is 17.9 Å². The van der Waals surface area contributed by atoms with E-state index in [0.717, 1.165) is 43.7 Å². The largest absolute Gasteiger partial charge is 0.415 e. The van der Waals surface area contributed by atoms with Gasteiger partial charge in [-0.05, 0) is 67.5 Å². The summed E-state index contributed by atoms with van der Waals surface area (Å²) >= 11 is 0. The van der Waals surface area contributed by atoms with Crippen LogP contribution in [0.25, 0.3) is 0 Å². The van der Waals surface area contributed by atoms with Crippen LogP contribution in [-0.2, 0) is 22.4 Å². The molecule has 198 valence electrons. The fraction of sp³-hybridized carbons (Fsp3) is 0.517. The molecule has 8 nitrogen and oxygen atoms in total. The van der Waals surface area contributed by atoms with Gasteiger partial charge in [0.25, 0.3) is 0 Å². The maximum absolute atomic E-state index is 12.6. The molecule has 0 aliphatic carbocycles. The van der Waals surface area contributed by atoms with Gasteiger partial charge in [0.15, 0.2) is 0 Å². The molecule has 8 heteroatoms. The van der Waals surface area contributed by atoms with E-state index in [1.807, 2.05) is 39.1 Å². The van der Waals surface area contributed by atoms with Crippen molar-refractivity contribution in [3.05, 3.63) is 59.4 Å². The number of hydrogen-bond donors (Lipinski definition) is 0. The van der Waals surface area contributed by atoms with Crippen LogP contribution in [0.15, 0.2) is 42.6 Å². The van der Waals surface area contributed by atoms with Crippen molar-refractivity contribution in [1.82, 2.24) is 19.7 Å². The SMILES string of the molecule is Cc1ccc(CCCN2CCN(C(=O)Oc3ccc(CCN4C(=O)CC(C)(C)CC4=O)cc3)CC2)nc1. The monoisotopic (exact) mass is 506 g/mol. The lowest BCUT2D eigenvalue weighted by molar-refractivity contribution is -0.152. The van der Waals surface area contributed by atoms with Crippen LogP contribution in [0.4, 0.5) is 4.79 Å². The van der Waals surface area contributed by atoms with Gasteiger partial charge in [-0.3, -0.25) is 24.4 Å². The number of piperidine rings is 1.